The van der Waals surface area contributed by atoms with Gasteiger partial charge in [0, 0.05) is 22.8 Å². The van der Waals surface area contributed by atoms with Crippen molar-refractivity contribution in [1.82, 2.24) is 34.5 Å². The molecule has 0 aliphatic carbocycles. The molecule has 0 atom stereocenters. The number of hydrogen-bond donors (Lipinski definition) is 2. The average Bonchev–Trinajstić information content (AvgIpc) is 3.50. The highest BCUT2D eigenvalue weighted by atomic mass is 16.5. The minimum atomic E-state index is 0.589. The number of imidazole rings is 1. The summed E-state index contributed by atoms with van der Waals surface area (Å²) in [6.07, 6.45) is 6.60. The zero-order valence-electron chi connectivity index (χ0n) is 24.4. The molecule has 7 aromatic rings. The Balaban J connectivity index is 1.24. The van der Waals surface area contributed by atoms with E-state index in [0.29, 0.717) is 35.0 Å². The van der Waals surface area contributed by atoms with Crippen molar-refractivity contribution in [2.24, 2.45) is 0 Å². The van der Waals surface area contributed by atoms with Crippen molar-refractivity contribution in [2.45, 2.75) is 13.5 Å². The predicted molar refractivity (Wildman–Crippen MR) is 173 cm³/mol. The summed E-state index contributed by atoms with van der Waals surface area (Å²) in [6.45, 7) is 2.62. The molecule has 0 spiro atoms. The van der Waals surface area contributed by atoms with E-state index in [4.69, 9.17) is 20.0 Å². The fourth-order valence-corrected chi connectivity index (χ4v) is 5.19. The number of rotatable bonds is 8. The quantitative estimate of drug-likeness (QED) is 0.200. The molecule has 0 radical (unpaired) electrons. The first-order chi connectivity index (χ1) is 22.1. The molecular weight excluding hydrogens is 564 g/mol. The third-order valence-corrected chi connectivity index (χ3v) is 7.51. The Morgan fingerprint density at radius 1 is 0.800 bits per heavy atom. The first-order valence-electron chi connectivity index (χ1n) is 14.1. The molecule has 3 aromatic carbocycles. The Morgan fingerprint density at radius 2 is 1.62 bits per heavy atom. The van der Waals surface area contributed by atoms with Crippen LogP contribution in [0.1, 0.15) is 16.7 Å². The maximum absolute atomic E-state index is 9.13. The van der Waals surface area contributed by atoms with Crippen LogP contribution in [0, 0.1) is 18.3 Å². The van der Waals surface area contributed by atoms with E-state index >= 15 is 0 Å². The Bertz CT molecular complexity index is 2200. The molecule has 4 aromatic heterocycles. The summed E-state index contributed by atoms with van der Waals surface area (Å²) >= 11 is 0. The number of ether oxygens (including phenoxy) is 1. The van der Waals surface area contributed by atoms with Gasteiger partial charge < -0.3 is 19.9 Å². The number of nitrogens with zero attached hydrogens (tertiary/aromatic N) is 8. The number of methoxy groups -OCH3 is 1. The van der Waals surface area contributed by atoms with Gasteiger partial charge in [0.2, 0.25) is 0 Å². The first-order valence-corrected chi connectivity index (χ1v) is 14.1. The van der Waals surface area contributed by atoms with Crippen LogP contribution in [-0.2, 0) is 6.54 Å². The van der Waals surface area contributed by atoms with E-state index in [1.54, 1.807) is 38.1 Å². The number of aryl methyl sites for hydroxylation is 1. The van der Waals surface area contributed by atoms with Crippen LogP contribution in [0.4, 0.5) is 23.0 Å². The topological polar surface area (TPSA) is 139 Å². The largest absolute Gasteiger partial charge is 0.497 e. The van der Waals surface area contributed by atoms with Crippen molar-refractivity contribution in [3.63, 3.8) is 0 Å². The lowest BCUT2D eigenvalue weighted by Gasteiger charge is -2.16. The van der Waals surface area contributed by atoms with Crippen LogP contribution >= 0.6 is 0 Å². The van der Waals surface area contributed by atoms with Gasteiger partial charge in [-0.1, -0.05) is 18.2 Å². The number of fused-ring (bicyclic) bond motifs is 2. The summed E-state index contributed by atoms with van der Waals surface area (Å²) in [5.74, 6) is 2.06. The van der Waals surface area contributed by atoms with Gasteiger partial charge in [0.25, 0.3) is 0 Å². The molecule has 45 heavy (non-hydrogen) atoms. The van der Waals surface area contributed by atoms with Gasteiger partial charge in [-0.05, 0) is 72.6 Å². The van der Waals surface area contributed by atoms with Crippen LogP contribution in [-0.4, -0.2) is 41.6 Å². The van der Waals surface area contributed by atoms with Gasteiger partial charge >= 0.3 is 0 Å². The number of pyridine rings is 1. The fraction of sp³-hybridized carbons (Fsp3) is 0.0882. The molecule has 11 nitrogen and oxygen atoms in total. The molecule has 4 heterocycles. The summed E-state index contributed by atoms with van der Waals surface area (Å²) in [7, 11) is 1.65. The molecule has 0 saturated carbocycles. The Labute approximate surface area is 258 Å². The van der Waals surface area contributed by atoms with E-state index < -0.39 is 0 Å². The van der Waals surface area contributed by atoms with Gasteiger partial charge in [0.1, 0.15) is 41.3 Å². The van der Waals surface area contributed by atoms with Gasteiger partial charge in [-0.25, -0.2) is 29.9 Å². The number of nitriles is 1. The predicted octanol–water partition coefficient (Wildman–Crippen LogP) is 6.56. The molecule has 0 fully saturated rings. The summed E-state index contributed by atoms with van der Waals surface area (Å²) in [5, 5.41) is 16.9. The SMILES string of the molecule is COc1ccc(Cn2cnc3c(-c4cccnc4Nc4c(C)ccc5c(Nc6ccc(C#N)cc6)ncnc45)ncnc32)cc1. The number of hydrogen-bond acceptors (Lipinski definition) is 10. The molecule has 2 N–H and O–H groups in total. The van der Waals surface area contributed by atoms with E-state index in [9.17, 15) is 0 Å². The first kappa shape index (κ1) is 27.4. The van der Waals surface area contributed by atoms with Crippen molar-refractivity contribution in [3.8, 4) is 23.1 Å². The minimum Gasteiger partial charge on any atom is -0.497 e. The highest BCUT2D eigenvalue weighted by molar-refractivity contribution is 6.01. The molecule has 0 amide bonds. The summed E-state index contributed by atoms with van der Waals surface area (Å²) in [6, 6.07) is 25.1. The Kier molecular flexibility index (Phi) is 7.13. The van der Waals surface area contributed by atoms with Gasteiger partial charge in [-0.2, -0.15) is 5.26 Å². The molecule has 218 valence electrons. The van der Waals surface area contributed by atoms with E-state index in [-0.39, 0.29) is 0 Å². The van der Waals surface area contributed by atoms with Crippen LogP contribution in [0.5, 0.6) is 5.75 Å². The molecule has 7 rings (SSSR count). The van der Waals surface area contributed by atoms with Crippen molar-refractivity contribution in [2.75, 3.05) is 17.7 Å². The monoisotopic (exact) mass is 590 g/mol. The van der Waals surface area contributed by atoms with Crippen LogP contribution in [0.15, 0.2) is 98.0 Å². The highest BCUT2D eigenvalue weighted by Crippen LogP contribution is 2.36. The van der Waals surface area contributed by atoms with Crippen LogP contribution in [0.25, 0.3) is 33.3 Å². The standard InChI is InChI=1S/C34H26N10O/c1-21-5-14-27-29(37-18-39-33(27)42-24-10-6-22(16-35)7-11-24)28(21)43-32-26(4-3-15-36-32)30-31-34(40-19-38-30)44(20-41-31)17-23-8-12-25(45-2)13-9-23/h3-15,18-20H,17H2,1-2H3,(H,36,43)(H,37,39,42). The van der Waals surface area contributed by atoms with Gasteiger partial charge in [-0.15, -0.1) is 0 Å². The second kappa shape index (κ2) is 11.7. The summed E-state index contributed by atoms with van der Waals surface area (Å²) in [4.78, 5) is 27.8. The van der Waals surface area contributed by atoms with Crippen LogP contribution in [0.2, 0.25) is 0 Å². The Morgan fingerprint density at radius 3 is 2.42 bits per heavy atom. The smallest absolute Gasteiger partial charge is 0.164 e. The average molecular weight is 591 g/mol. The zero-order valence-corrected chi connectivity index (χ0v) is 24.4. The van der Waals surface area contributed by atoms with Crippen LogP contribution in [0.3, 0.4) is 0 Å². The molecule has 0 bridgehead atoms. The minimum absolute atomic E-state index is 0.589. The van der Waals surface area contributed by atoms with Gasteiger partial charge in [-0.3, -0.25) is 0 Å². The van der Waals surface area contributed by atoms with Gasteiger partial charge in [0.15, 0.2) is 5.65 Å². The van der Waals surface area contributed by atoms with E-state index in [1.165, 1.54) is 6.33 Å². The number of nitrogens with one attached hydrogen (secondary N) is 2. The summed E-state index contributed by atoms with van der Waals surface area (Å²) < 4.78 is 7.29. The third-order valence-electron chi connectivity index (χ3n) is 7.51. The fourth-order valence-electron chi connectivity index (χ4n) is 5.19. The molecule has 0 unspecified atom stereocenters. The number of aromatic nitrogens is 7. The van der Waals surface area contributed by atoms with E-state index in [1.807, 2.05) is 72.2 Å². The van der Waals surface area contributed by atoms with Crippen LogP contribution < -0.4 is 15.4 Å². The van der Waals surface area contributed by atoms with Gasteiger partial charge in [0.05, 0.1) is 42.8 Å². The second-order valence-corrected chi connectivity index (χ2v) is 10.3. The second-order valence-electron chi connectivity index (χ2n) is 10.3. The van der Waals surface area contributed by atoms with E-state index in [2.05, 4.69) is 36.6 Å². The molecule has 0 aliphatic rings. The van der Waals surface area contributed by atoms with Crippen molar-refractivity contribution < 1.29 is 4.74 Å². The van der Waals surface area contributed by atoms with Crippen molar-refractivity contribution in [3.05, 3.63) is 115 Å². The normalized spacial score (nSPS) is 11.0. The van der Waals surface area contributed by atoms with Crippen molar-refractivity contribution >= 4 is 45.1 Å². The molecular formula is C34H26N10O. The van der Waals surface area contributed by atoms with Crippen molar-refractivity contribution in [1.29, 1.82) is 5.26 Å². The lowest BCUT2D eigenvalue weighted by molar-refractivity contribution is 0.414. The molecule has 11 heteroatoms. The lowest BCUT2D eigenvalue weighted by Crippen LogP contribution is -2.03. The Hall–Kier alpha value is -6.41. The maximum atomic E-state index is 9.13. The third kappa shape index (κ3) is 5.32. The summed E-state index contributed by atoms with van der Waals surface area (Å²) in [5.41, 5.74) is 7.86. The maximum Gasteiger partial charge on any atom is 0.164 e. The number of anilines is 4. The molecule has 0 aliphatic heterocycles. The molecule has 0 saturated heterocycles. The number of benzene rings is 3. The van der Waals surface area contributed by atoms with E-state index in [0.717, 1.165) is 50.4 Å². The highest BCUT2D eigenvalue weighted by Gasteiger charge is 2.18. The lowest BCUT2D eigenvalue weighted by atomic mass is 10.1. The zero-order chi connectivity index (χ0) is 30.8.